The Morgan fingerprint density at radius 1 is 0.517 bits per heavy atom. The highest BCUT2D eigenvalue weighted by Crippen LogP contribution is 2.14. The van der Waals surface area contributed by atoms with Crippen molar-refractivity contribution in [1.29, 1.82) is 0 Å². The Labute approximate surface area is 183 Å². The average molecular weight is 412 g/mol. The molecule has 0 atom stereocenters. The van der Waals surface area contributed by atoms with E-state index in [9.17, 15) is 4.79 Å². The third-order valence-electron chi connectivity index (χ3n) is 6.26. The first kappa shape index (κ1) is 28.4. The smallest absolute Gasteiger partial charge is 0.303 e. The van der Waals surface area contributed by atoms with Gasteiger partial charge < -0.3 is 10.0 Å². The summed E-state index contributed by atoms with van der Waals surface area (Å²) in [5.74, 6) is -0.651. The van der Waals surface area contributed by atoms with Crippen molar-refractivity contribution < 1.29 is 9.90 Å². The largest absolute Gasteiger partial charge is 0.481 e. The molecule has 0 aromatic carbocycles. The second-order valence-electron chi connectivity index (χ2n) is 8.89. The molecule has 0 saturated carbocycles. The van der Waals surface area contributed by atoms with Crippen molar-refractivity contribution in [2.24, 2.45) is 0 Å². The van der Waals surface area contributed by atoms with Crippen molar-refractivity contribution >= 4 is 5.97 Å². The first-order chi connectivity index (χ1) is 14.2. The van der Waals surface area contributed by atoms with Crippen LogP contribution in [0.3, 0.4) is 0 Å². The highest BCUT2D eigenvalue weighted by atomic mass is 16.4. The number of hydrogen-bond donors (Lipinski definition) is 1. The van der Waals surface area contributed by atoms with Crippen LogP contribution in [-0.4, -0.2) is 35.6 Å². The minimum atomic E-state index is -0.651. The van der Waals surface area contributed by atoms with Gasteiger partial charge in [-0.1, -0.05) is 123 Å². The maximum absolute atomic E-state index is 10.4. The summed E-state index contributed by atoms with van der Waals surface area (Å²) in [6.45, 7) is 8.23. The average Bonchev–Trinajstić information content (AvgIpc) is 2.71. The zero-order valence-corrected chi connectivity index (χ0v) is 20.1. The van der Waals surface area contributed by atoms with E-state index in [1.807, 2.05) is 0 Å². The molecule has 0 aliphatic carbocycles. The van der Waals surface area contributed by atoms with Crippen LogP contribution >= 0.6 is 0 Å². The fourth-order valence-electron chi connectivity index (χ4n) is 4.16. The number of unbranched alkanes of at least 4 members (excludes halogenated alkanes) is 18. The Balaban J connectivity index is 3.06. The van der Waals surface area contributed by atoms with Gasteiger partial charge in [-0.15, -0.1) is 0 Å². The predicted molar refractivity (Wildman–Crippen MR) is 128 cm³/mol. The third kappa shape index (κ3) is 23.6. The summed E-state index contributed by atoms with van der Waals surface area (Å²) in [6, 6.07) is 0. The minimum absolute atomic E-state index is 0.344. The van der Waals surface area contributed by atoms with Crippen LogP contribution in [0.4, 0.5) is 0 Å². The van der Waals surface area contributed by atoms with Gasteiger partial charge in [-0.05, 0) is 32.5 Å². The molecule has 174 valence electrons. The van der Waals surface area contributed by atoms with E-state index < -0.39 is 5.97 Å². The molecule has 0 spiro atoms. The zero-order valence-electron chi connectivity index (χ0n) is 20.1. The van der Waals surface area contributed by atoms with E-state index in [0.717, 1.165) is 12.8 Å². The zero-order chi connectivity index (χ0) is 21.4. The number of carbonyl (C=O) groups is 1. The molecule has 0 amide bonds. The standard InChI is InChI=1S/C26H53NO2/c1-3-27(4-2)25-23-21-19-17-15-13-11-9-7-5-6-8-10-12-14-16-18-20-22-24-26(28)29/h3-25H2,1-2H3,(H,28,29). The summed E-state index contributed by atoms with van der Waals surface area (Å²) < 4.78 is 0. The minimum Gasteiger partial charge on any atom is -0.481 e. The van der Waals surface area contributed by atoms with E-state index in [0.29, 0.717) is 6.42 Å². The summed E-state index contributed by atoms with van der Waals surface area (Å²) in [5.41, 5.74) is 0. The molecule has 0 aliphatic heterocycles. The second-order valence-corrected chi connectivity index (χ2v) is 8.89. The lowest BCUT2D eigenvalue weighted by Gasteiger charge is -2.17. The van der Waals surface area contributed by atoms with E-state index in [1.54, 1.807) is 0 Å². The third-order valence-corrected chi connectivity index (χ3v) is 6.26. The summed E-state index contributed by atoms with van der Waals surface area (Å²) in [4.78, 5) is 13.0. The maximum Gasteiger partial charge on any atom is 0.303 e. The van der Waals surface area contributed by atoms with Gasteiger partial charge in [0.15, 0.2) is 0 Å². The normalized spacial score (nSPS) is 11.4. The molecule has 0 aromatic rings. The molecule has 0 bridgehead atoms. The van der Waals surface area contributed by atoms with Crippen LogP contribution in [0.5, 0.6) is 0 Å². The van der Waals surface area contributed by atoms with Gasteiger partial charge in [-0.3, -0.25) is 4.79 Å². The van der Waals surface area contributed by atoms with Crippen LogP contribution in [0, 0.1) is 0 Å². The molecule has 0 aliphatic rings. The maximum atomic E-state index is 10.4. The van der Waals surface area contributed by atoms with Gasteiger partial charge in [0.05, 0.1) is 0 Å². The Kier molecular flexibility index (Phi) is 23.2. The molecule has 29 heavy (non-hydrogen) atoms. The van der Waals surface area contributed by atoms with Gasteiger partial charge in [0.2, 0.25) is 0 Å². The van der Waals surface area contributed by atoms with E-state index in [1.165, 1.54) is 129 Å². The van der Waals surface area contributed by atoms with Gasteiger partial charge >= 0.3 is 5.97 Å². The van der Waals surface area contributed by atoms with Crippen LogP contribution in [0.15, 0.2) is 0 Å². The van der Waals surface area contributed by atoms with E-state index in [2.05, 4.69) is 18.7 Å². The van der Waals surface area contributed by atoms with Crippen molar-refractivity contribution in [3.8, 4) is 0 Å². The van der Waals surface area contributed by atoms with Crippen molar-refractivity contribution in [2.75, 3.05) is 19.6 Å². The number of aliphatic carboxylic acids is 1. The Morgan fingerprint density at radius 3 is 1.07 bits per heavy atom. The summed E-state index contributed by atoms with van der Waals surface area (Å²) >= 11 is 0. The fourth-order valence-corrected chi connectivity index (χ4v) is 4.16. The number of carboxylic acids is 1. The van der Waals surface area contributed by atoms with Crippen LogP contribution in [-0.2, 0) is 4.79 Å². The molecule has 0 rings (SSSR count). The number of rotatable bonds is 24. The first-order valence-electron chi connectivity index (χ1n) is 13.1. The summed E-state index contributed by atoms with van der Waals surface area (Å²) in [5, 5.41) is 8.59. The lowest BCUT2D eigenvalue weighted by molar-refractivity contribution is -0.137. The monoisotopic (exact) mass is 411 g/mol. The van der Waals surface area contributed by atoms with Crippen LogP contribution < -0.4 is 0 Å². The van der Waals surface area contributed by atoms with Gasteiger partial charge in [0, 0.05) is 6.42 Å². The number of hydrogen-bond acceptors (Lipinski definition) is 2. The SMILES string of the molecule is CCN(CC)CCCCCCCCCCCCCCCCCCCCCC(=O)O. The molecule has 3 heteroatoms. The topological polar surface area (TPSA) is 40.5 Å². The van der Waals surface area contributed by atoms with Crippen molar-refractivity contribution in [1.82, 2.24) is 4.90 Å². The van der Waals surface area contributed by atoms with Gasteiger partial charge in [0.25, 0.3) is 0 Å². The van der Waals surface area contributed by atoms with Crippen molar-refractivity contribution in [3.63, 3.8) is 0 Å². The Bertz CT molecular complexity index is 329. The number of carboxylic acid groups (broad SMARTS) is 1. The lowest BCUT2D eigenvalue weighted by Crippen LogP contribution is -2.23. The molecule has 0 unspecified atom stereocenters. The van der Waals surface area contributed by atoms with E-state index in [4.69, 9.17) is 5.11 Å². The molecule has 0 aromatic heterocycles. The van der Waals surface area contributed by atoms with Gasteiger partial charge in [0.1, 0.15) is 0 Å². The molecule has 0 saturated heterocycles. The highest BCUT2D eigenvalue weighted by molar-refractivity contribution is 5.66. The van der Waals surface area contributed by atoms with Gasteiger partial charge in [-0.2, -0.15) is 0 Å². The lowest BCUT2D eigenvalue weighted by atomic mass is 10.0. The molecular weight excluding hydrogens is 358 g/mol. The molecule has 0 heterocycles. The number of nitrogens with zero attached hydrogens (tertiary/aromatic N) is 1. The fraction of sp³-hybridized carbons (Fsp3) is 0.962. The van der Waals surface area contributed by atoms with Crippen LogP contribution in [0.25, 0.3) is 0 Å². The van der Waals surface area contributed by atoms with Crippen molar-refractivity contribution in [2.45, 2.75) is 142 Å². The van der Waals surface area contributed by atoms with Crippen LogP contribution in [0.1, 0.15) is 142 Å². The summed E-state index contributed by atoms with van der Waals surface area (Å²) in [7, 11) is 0. The quantitative estimate of drug-likeness (QED) is 0.163. The summed E-state index contributed by atoms with van der Waals surface area (Å²) in [6.07, 6.45) is 26.0. The first-order valence-corrected chi connectivity index (χ1v) is 13.1. The predicted octanol–water partition coefficient (Wildman–Crippen LogP) is 8.21. The second kappa shape index (κ2) is 23.7. The Morgan fingerprint density at radius 2 is 0.793 bits per heavy atom. The van der Waals surface area contributed by atoms with E-state index >= 15 is 0 Å². The van der Waals surface area contributed by atoms with Crippen molar-refractivity contribution in [3.05, 3.63) is 0 Å². The molecule has 1 N–H and O–H groups in total. The van der Waals surface area contributed by atoms with Gasteiger partial charge in [-0.25, -0.2) is 0 Å². The van der Waals surface area contributed by atoms with E-state index in [-0.39, 0.29) is 0 Å². The molecule has 0 fully saturated rings. The molecule has 0 radical (unpaired) electrons. The van der Waals surface area contributed by atoms with Crippen LogP contribution in [0.2, 0.25) is 0 Å². The Hall–Kier alpha value is -0.570. The highest BCUT2D eigenvalue weighted by Gasteiger charge is 1.99. The molecule has 3 nitrogen and oxygen atoms in total. The molecular formula is C26H53NO2.